The second-order valence-corrected chi connectivity index (χ2v) is 7.43. The second-order valence-electron chi connectivity index (χ2n) is 7.43. The Labute approximate surface area is 159 Å². The smallest absolute Gasteiger partial charge is 0.251 e. The Balaban J connectivity index is 1.42. The summed E-state index contributed by atoms with van der Waals surface area (Å²) in [7, 11) is 0. The highest BCUT2D eigenvalue weighted by Crippen LogP contribution is 2.25. The van der Waals surface area contributed by atoms with Gasteiger partial charge in [-0.15, -0.1) is 0 Å². The molecule has 1 saturated carbocycles. The van der Waals surface area contributed by atoms with Crippen molar-refractivity contribution >= 4 is 11.8 Å². The molecule has 3 atom stereocenters. The molecule has 2 aliphatic rings. The predicted molar refractivity (Wildman–Crippen MR) is 100 cm³/mol. The van der Waals surface area contributed by atoms with E-state index < -0.39 is 6.10 Å². The SMILES string of the molecule is O=C(N[C@H]1CC[C@@H](CCNC(=O)C2CCCC2)O[C@H]1CO)c1ccncc1. The largest absolute Gasteiger partial charge is 0.394 e. The molecule has 2 amide bonds. The van der Waals surface area contributed by atoms with Crippen LogP contribution in [0.1, 0.15) is 55.3 Å². The molecule has 1 aliphatic heterocycles. The summed E-state index contributed by atoms with van der Waals surface area (Å²) in [4.78, 5) is 28.3. The van der Waals surface area contributed by atoms with Crippen LogP contribution in [0.3, 0.4) is 0 Å². The fourth-order valence-electron chi connectivity index (χ4n) is 3.95. The van der Waals surface area contributed by atoms with E-state index in [9.17, 15) is 14.7 Å². The van der Waals surface area contributed by atoms with E-state index in [1.54, 1.807) is 24.5 Å². The van der Waals surface area contributed by atoms with Gasteiger partial charge in [0, 0.05) is 30.4 Å². The first-order valence-corrected chi connectivity index (χ1v) is 9.92. The third-order valence-electron chi connectivity index (χ3n) is 5.55. The summed E-state index contributed by atoms with van der Waals surface area (Å²) in [6.07, 6.45) is 9.25. The van der Waals surface area contributed by atoms with Crippen LogP contribution in [-0.4, -0.2) is 53.3 Å². The van der Waals surface area contributed by atoms with Crippen LogP contribution < -0.4 is 10.6 Å². The van der Waals surface area contributed by atoms with E-state index >= 15 is 0 Å². The molecular formula is C20H29N3O4. The fourth-order valence-corrected chi connectivity index (χ4v) is 3.95. The number of nitrogens with one attached hydrogen (secondary N) is 2. The summed E-state index contributed by atoms with van der Waals surface area (Å²) < 4.78 is 5.96. The van der Waals surface area contributed by atoms with Gasteiger partial charge in [-0.05, 0) is 44.2 Å². The number of nitrogens with zero attached hydrogens (tertiary/aromatic N) is 1. The van der Waals surface area contributed by atoms with Crippen molar-refractivity contribution in [2.45, 2.75) is 63.2 Å². The van der Waals surface area contributed by atoms with Gasteiger partial charge >= 0.3 is 0 Å². The molecule has 3 N–H and O–H groups in total. The maximum absolute atomic E-state index is 12.3. The number of amides is 2. The van der Waals surface area contributed by atoms with Gasteiger partial charge in [-0.25, -0.2) is 0 Å². The molecule has 0 bridgehead atoms. The van der Waals surface area contributed by atoms with E-state index in [1.807, 2.05) is 0 Å². The lowest BCUT2D eigenvalue weighted by Gasteiger charge is -2.36. The summed E-state index contributed by atoms with van der Waals surface area (Å²) in [5.41, 5.74) is 0.540. The summed E-state index contributed by atoms with van der Waals surface area (Å²) >= 11 is 0. The van der Waals surface area contributed by atoms with Crippen LogP contribution in [0.15, 0.2) is 24.5 Å². The van der Waals surface area contributed by atoms with Crippen molar-refractivity contribution < 1.29 is 19.4 Å². The Kier molecular flexibility index (Phi) is 7.18. The van der Waals surface area contributed by atoms with Crippen LogP contribution in [0.2, 0.25) is 0 Å². The van der Waals surface area contributed by atoms with Gasteiger partial charge in [0.1, 0.15) is 6.10 Å². The number of aliphatic hydroxyl groups excluding tert-OH is 1. The third kappa shape index (κ3) is 5.49. The molecule has 2 fully saturated rings. The highest BCUT2D eigenvalue weighted by atomic mass is 16.5. The summed E-state index contributed by atoms with van der Waals surface area (Å²) in [5, 5.41) is 15.6. The minimum Gasteiger partial charge on any atom is -0.394 e. The summed E-state index contributed by atoms with van der Waals surface area (Å²) in [6, 6.07) is 3.09. The Hall–Kier alpha value is -1.99. The molecule has 0 aromatic carbocycles. The third-order valence-corrected chi connectivity index (χ3v) is 5.55. The zero-order chi connectivity index (χ0) is 19.1. The molecular weight excluding hydrogens is 346 g/mol. The van der Waals surface area contributed by atoms with Crippen molar-refractivity contribution in [2.24, 2.45) is 5.92 Å². The van der Waals surface area contributed by atoms with Gasteiger partial charge in [0.2, 0.25) is 5.91 Å². The van der Waals surface area contributed by atoms with Crippen LogP contribution in [0.5, 0.6) is 0 Å². The molecule has 3 rings (SSSR count). The van der Waals surface area contributed by atoms with Crippen molar-refractivity contribution in [2.75, 3.05) is 13.2 Å². The topological polar surface area (TPSA) is 101 Å². The standard InChI is InChI=1S/C20H29N3O4/c24-13-18-17(23-20(26)15-7-10-21-11-8-15)6-5-16(27-18)9-12-22-19(25)14-3-1-2-4-14/h7-8,10-11,14,16-18,24H,1-6,9,12-13H2,(H,22,25)(H,23,26)/t16-,17-,18-/m0/s1. The molecule has 1 aromatic heterocycles. The van der Waals surface area contributed by atoms with Crippen molar-refractivity contribution in [3.8, 4) is 0 Å². The minimum atomic E-state index is -0.430. The average molecular weight is 375 g/mol. The highest BCUT2D eigenvalue weighted by Gasteiger charge is 2.32. The second kappa shape index (κ2) is 9.80. The molecule has 148 valence electrons. The molecule has 0 radical (unpaired) electrons. The maximum Gasteiger partial charge on any atom is 0.251 e. The first-order valence-electron chi connectivity index (χ1n) is 9.92. The molecule has 2 heterocycles. The molecule has 1 saturated heterocycles. The lowest BCUT2D eigenvalue weighted by molar-refractivity contribution is -0.125. The van der Waals surface area contributed by atoms with E-state index in [4.69, 9.17) is 4.74 Å². The molecule has 1 aromatic rings. The number of pyridine rings is 1. The lowest BCUT2D eigenvalue weighted by Crippen LogP contribution is -2.51. The van der Waals surface area contributed by atoms with E-state index in [-0.39, 0.29) is 36.5 Å². The first-order chi connectivity index (χ1) is 13.2. The number of hydrogen-bond donors (Lipinski definition) is 3. The van der Waals surface area contributed by atoms with Crippen LogP contribution >= 0.6 is 0 Å². The molecule has 0 unspecified atom stereocenters. The Morgan fingerprint density at radius 3 is 2.59 bits per heavy atom. The van der Waals surface area contributed by atoms with Gasteiger partial charge in [0.05, 0.1) is 18.8 Å². The quantitative estimate of drug-likeness (QED) is 0.669. The van der Waals surface area contributed by atoms with Gasteiger partial charge < -0.3 is 20.5 Å². The average Bonchev–Trinajstić information content (AvgIpc) is 3.24. The number of carbonyl (C=O) groups excluding carboxylic acids is 2. The molecule has 27 heavy (non-hydrogen) atoms. The Morgan fingerprint density at radius 1 is 1.15 bits per heavy atom. The predicted octanol–water partition coefficient (Wildman–Crippen LogP) is 1.42. The number of rotatable bonds is 7. The number of ether oxygens (including phenoxy) is 1. The van der Waals surface area contributed by atoms with E-state index in [0.717, 1.165) is 44.9 Å². The first kappa shape index (κ1) is 19.8. The number of aliphatic hydroxyl groups is 1. The van der Waals surface area contributed by atoms with Gasteiger partial charge in [0.25, 0.3) is 5.91 Å². The zero-order valence-electron chi connectivity index (χ0n) is 15.6. The maximum atomic E-state index is 12.3. The lowest BCUT2D eigenvalue weighted by atomic mass is 9.96. The van der Waals surface area contributed by atoms with E-state index in [0.29, 0.717) is 12.1 Å². The monoisotopic (exact) mass is 375 g/mol. The van der Waals surface area contributed by atoms with Gasteiger partial charge in [-0.1, -0.05) is 12.8 Å². The molecule has 7 heteroatoms. The van der Waals surface area contributed by atoms with Crippen LogP contribution in [0.4, 0.5) is 0 Å². The molecule has 0 spiro atoms. The van der Waals surface area contributed by atoms with E-state index in [2.05, 4.69) is 15.6 Å². The fraction of sp³-hybridized carbons (Fsp3) is 0.650. The highest BCUT2D eigenvalue weighted by molar-refractivity contribution is 5.94. The van der Waals surface area contributed by atoms with Crippen LogP contribution in [-0.2, 0) is 9.53 Å². The van der Waals surface area contributed by atoms with Crippen molar-refractivity contribution in [1.82, 2.24) is 15.6 Å². The van der Waals surface area contributed by atoms with Crippen molar-refractivity contribution in [3.05, 3.63) is 30.1 Å². The molecule has 7 nitrogen and oxygen atoms in total. The van der Waals surface area contributed by atoms with Crippen LogP contribution in [0, 0.1) is 5.92 Å². The van der Waals surface area contributed by atoms with Crippen molar-refractivity contribution in [3.63, 3.8) is 0 Å². The van der Waals surface area contributed by atoms with E-state index in [1.165, 1.54) is 0 Å². The van der Waals surface area contributed by atoms with Crippen molar-refractivity contribution in [1.29, 1.82) is 0 Å². The van der Waals surface area contributed by atoms with Gasteiger partial charge in [-0.3, -0.25) is 14.6 Å². The number of carbonyl (C=O) groups is 2. The number of hydrogen-bond acceptors (Lipinski definition) is 5. The zero-order valence-corrected chi connectivity index (χ0v) is 15.6. The Bertz CT molecular complexity index is 619. The normalized spacial score (nSPS) is 25.9. The van der Waals surface area contributed by atoms with Crippen LogP contribution in [0.25, 0.3) is 0 Å². The minimum absolute atomic E-state index is 0.0138. The Morgan fingerprint density at radius 2 is 1.89 bits per heavy atom. The number of aromatic nitrogens is 1. The summed E-state index contributed by atoms with van der Waals surface area (Å²) in [5.74, 6) is 0.145. The van der Waals surface area contributed by atoms with Gasteiger partial charge in [-0.2, -0.15) is 0 Å². The summed E-state index contributed by atoms with van der Waals surface area (Å²) in [6.45, 7) is 0.443. The van der Waals surface area contributed by atoms with Gasteiger partial charge in [0.15, 0.2) is 0 Å². The molecule has 1 aliphatic carbocycles.